The Hall–Kier alpha value is -0.283. The Morgan fingerprint density at radius 3 is 2.09 bits per heavy atom. The van der Waals surface area contributed by atoms with Gasteiger partial charge in [0.2, 0.25) is 17.6 Å². The average Bonchev–Trinajstić information content (AvgIpc) is 2.68. The summed E-state index contributed by atoms with van der Waals surface area (Å²) >= 11 is 3.55. The molecule has 0 saturated carbocycles. The SMILES string of the molecule is COC(C[SiH3])C(OC)(OC)C1C(=O)NC(=O)C1(Br)C(C)(C)C. The number of alkyl halides is 1. The van der Waals surface area contributed by atoms with Crippen LogP contribution >= 0.6 is 15.9 Å². The van der Waals surface area contributed by atoms with Crippen LogP contribution in [0.15, 0.2) is 0 Å². The molecular weight excluding hydrogens is 370 g/mol. The maximum atomic E-state index is 12.6. The minimum atomic E-state index is -1.34. The van der Waals surface area contributed by atoms with E-state index in [-0.39, 0.29) is 5.91 Å². The van der Waals surface area contributed by atoms with Crippen LogP contribution in [0.4, 0.5) is 0 Å². The van der Waals surface area contributed by atoms with E-state index in [0.717, 1.165) is 10.2 Å². The molecule has 0 bridgehead atoms. The third-order valence-electron chi connectivity index (χ3n) is 4.46. The van der Waals surface area contributed by atoms with Gasteiger partial charge in [0.25, 0.3) is 0 Å². The molecule has 128 valence electrons. The lowest BCUT2D eigenvalue weighted by atomic mass is 9.70. The van der Waals surface area contributed by atoms with Gasteiger partial charge < -0.3 is 14.2 Å². The van der Waals surface area contributed by atoms with Crippen LogP contribution in [0, 0.1) is 11.3 Å². The monoisotopic (exact) mass is 395 g/mol. The van der Waals surface area contributed by atoms with Crippen molar-refractivity contribution in [3.63, 3.8) is 0 Å². The van der Waals surface area contributed by atoms with Crippen LogP contribution < -0.4 is 5.32 Å². The summed E-state index contributed by atoms with van der Waals surface area (Å²) in [6.45, 7) is 5.68. The summed E-state index contributed by atoms with van der Waals surface area (Å²) in [5.41, 5.74) is -0.542. The standard InChI is InChI=1S/C14H26BrNO5Si/c1-12(2,3)13(15)9(10(17)16-11(13)18)14(20-5,21-6)8(7-22)19-4/h8-9H,7H2,1-6,22H3,(H,16,17,18). The highest BCUT2D eigenvalue weighted by Gasteiger charge is 2.69. The predicted octanol–water partition coefficient (Wildman–Crippen LogP) is 0.227. The lowest BCUT2D eigenvalue weighted by Gasteiger charge is -2.47. The summed E-state index contributed by atoms with van der Waals surface area (Å²) < 4.78 is 15.7. The molecule has 0 aromatic heterocycles. The van der Waals surface area contributed by atoms with Crippen LogP contribution in [0.5, 0.6) is 0 Å². The number of carbonyl (C=O) groups is 2. The largest absolute Gasteiger partial charge is 0.376 e. The topological polar surface area (TPSA) is 73.9 Å². The number of hydrogen-bond donors (Lipinski definition) is 1. The van der Waals surface area contributed by atoms with E-state index in [1.54, 1.807) is 7.11 Å². The zero-order chi connectivity index (χ0) is 17.3. The molecule has 0 aromatic rings. The highest BCUT2D eigenvalue weighted by molar-refractivity contribution is 9.10. The summed E-state index contributed by atoms with van der Waals surface area (Å²) in [6.07, 6.45) is -0.449. The summed E-state index contributed by atoms with van der Waals surface area (Å²) in [6, 6.07) is 0.698. The second-order valence-corrected chi connectivity index (χ2v) is 8.54. The van der Waals surface area contributed by atoms with Crippen molar-refractivity contribution in [1.29, 1.82) is 0 Å². The lowest BCUT2D eigenvalue weighted by molar-refractivity contribution is -0.287. The average molecular weight is 396 g/mol. The van der Waals surface area contributed by atoms with Crippen LogP contribution in [-0.2, 0) is 23.8 Å². The van der Waals surface area contributed by atoms with E-state index < -0.39 is 33.5 Å². The zero-order valence-electron chi connectivity index (χ0n) is 14.3. The Balaban J connectivity index is 3.57. The Morgan fingerprint density at radius 1 is 1.27 bits per heavy atom. The van der Waals surface area contributed by atoms with Crippen molar-refractivity contribution in [3.05, 3.63) is 0 Å². The molecule has 1 aliphatic heterocycles. The van der Waals surface area contributed by atoms with Crippen LogP contribution in [-0.4, -0.2) is 59.6 Å². The summed E-state index contributed by atoms with van der Waals surface area (Å²) in [4.78, 5) is 25.1. The Morgan fingerprint density at radius 2 is 1.77 bits per heavy atom. The van der Waals surface area contributed by atoms with Crippen molar-refractivity contribution >= 4 is 38.0 Å². The first kappa shape index (κ1) is 19.8. The van der Waals surface area contributed by atoms with Crippen LogP contribution in [0.25, 0.3) is 0 Å². The molecule has 1 aliphatic rings. The summed E-state index contributed by atoms with van der Waals surface area (Å²) in [7, 11) is 5.33. The van der Waals surface area contributed by atoms with Gasteiger partial charge in [0.15, 0.2) is 0 Å². The van der Waals surface area contributed by atoms with Gasteiger partial charge in [0.05, 0.1) is 0 Å². The molecule has 1 N–H and O–H groups in total. The molecule has 8 heteroatoms. The fourth-order valence-corrected chi connectivity index (χ4v) is 4.73. The Labute approximate surface area is 143 Å². The highest BCUT2D eigenvalue weighted by Crippen LogP contribution is 2.53. The Kier molecular flexibility index (Phi) is 6.00. The number of nitrogens with one attached hydrogen (secondary N) is 1. The minimum absolute atomic E-state index is 0.378. The molecule has 0 radical (unpaired) electrons. The number of rotatable bonds is 6. The Bertz CT molecular complexity index is 445. The maximum absolute atomic E-state index is 12.6. The molecule has 3 unspecified atom stereocenters. The van der Waals surface area contributed by atoms with Crippen LogP contribution in [0.1, 0.15) is 20.8 Å². The number of amides is 2. The number of carbonyl (C=O) groups excluding carboxylic acids is 2. The molecule has 22 heavy (non-hydrogen) atoms. The van der Waals surface area contributed by atoms with E-state index in [9.17, 15) is 9.59 Å². The first-order valence-electron chi connectivity index (χ1n) is 7.24. The van der Waals surface area contributed by atoms with Crippen molar-refractivity contribution in [2.45, 2.75) is 43.0 Å². The minimum Gasteiger partial charge on any atom is -0.376 e. The number of methoxy groups -OCH3 is 3. The molecule has 0 aromatic carbocycles. The maximum Gasteiger partial charge on any atom is 0.245 e. The van der Waals surface area contributed by atoms with E-state index in [1.165, 1.54) is 14.2 Å². The lowest BCUT2D eigenvalue weighted by Crippen LogP contribution is -2.63. The summed E-state index contributed by atoms with van der Waals surface area (Å²) in [5.74, 6) is -3.01. The van der Waals surface area contributed by atoms with Crippen LogP contribution in [0.2, 0.25) is 6.04 Å². The van der Waals surface area contributed by atoms with Gasteiger partial charge in [-0.25, -0.2) is 0 Å². The van der Waals surface area contributed by atoms with Gasteiger partial charge in [-0.15, -0.1) is 0 Å². The third-order valence-corrected chi connectivity index (χ3v) is 7.21. The van der Waals surface area contributed by atoms with Gasteiger partial charge in [-0.1, -0.05) is 36.7 Å². The van der Waals surface area contributed by atoms with Gasteiger partial charge in [-0.3, -0.25) is 14.9 Å². The molecule has 1 saturated heterocycles. The van der Waals surface area contributed by atoms with E-state index in [0.29, 0.717) is 6.04 Å². The van der Waals surface area contributed by atoms with Gasteiger partial charge in [0.1, 0.15) is 16.3 Å². The summed E-state index contributed by atoms with van der Waals surface area (Å²) in [5, 5.41) is 2.41. The van der Waals surface area contributed by atoms with E-state index in [1.807, 2.05) is 20.8 Å². The molecule has 3 atom stereocenters. The number of halogens is 1. The molecule has 0 aliphatic carbocycles. The molecule has 0 spiro atoms. The van der Waals surface area contributed by atoms with Crippen molar-refractivity contribution in [2.75, 3.05) is 21.3 Å². The van der Waals surface area contributed by atoms with Gasteiger partial charge in [0, 0.05) is 31.6 Å². The quantitative estimate of drug-likeness (QED) is 0.301. The fourth-order valence-electron chi connectivity index (χ4n) is 3.20. The van der Waals surface area contributed by atoms with Crippen molar-refractivity contribution < 1.29 is 23.8 Å². The van der Waals surface area contributed by atoms with E-state index in [4.69, 9.17) is 14.2 Å². The predicted molar refractivity (Wildman–Crippen MR) is 90.0 cm³/mol. The molecule has 2 amide bonds. The van der Waals surface area contributed by atoms with Crippen LogP contribution in [0.3, 0.4) is 0 Å². The van der Waals surface area contributed by atoms with Crippen molar-refractivity contribution in [1.82, 2.24) is 5.32 Å². The smallest absolute Gasteiger partial charge is 0.245 e. The third kappa shape index (κ3) is 2.69. The molecule has 1 rings (SSSR count). The van der Waals surface area contributed by atoms with Gasteiger partial charge >= 0.3 is 0 Å². The van der Waals surface area contributed by atoms with E-state index >= 15 is 0 Å². The number of imide groups is 1. The second-order valence-electron chi connectivity index (χ2n) is 6.48. The number of hydrogen-bond acceptors (Lipinski definition) is 5. The molecule has 1 heterocycles. The second kappa shape index (κ2) is 6.68. The normalized spacial score (nSPS) is 28.0. The number of ether oxygens (including phenoxy) is 3. The van der Waals surface area contributed by atoms with Gasteiger partial charge in [-0.2, -0.15) is 0 Å². The fraction of sp³-hybridized carbons (Fsp3) is 0.857. The zero-order valence-corrected chi connectivity index (χ0v) is 17.9. The first-order chi connectivity index (χ1) is 10.1. The van der Waals surface area contributed by atoms with Crippen molar-refractivity contribution in [3.8, 4) is 0 Å². The van der Waals surface area contributed by atoms with Crippen molar-refractivity contribution in [2.24, 2.45) is 11.3 Å². The van der Waals surface area contributed by atoms with E-state index in [2.05, 4.69) is 21.2 Å². The molecule has 1 fully saturated rings. The molecular formula is C14H26BrNO5Si. The highest BCUT2D eigenvalue weighted by atomic mass is 79.9. The van der Waals surface area contributed by atoms with Gasteiger partial charge in [-0.05, 0) is 11.5 Å². The molecule has 6 nitrogen and oxygen atoms in total. The first-order valence-corrected chi connectivity index (χ1v) is 9.44.